The SMILES string of the molecule is CCNC(=O)c1ccccc1NC(=O)c1ccc(S(=O)(=O)N(C)c2ccccc2)cc1. The van der Waals surface area contributed by atoms with E-state index >= 15 is 0 Å². The molecule has 8 heteroatoms. The summed E-state index contributed by atoms with van der Waals surface area (Å²) in [4.78, 5) is 24.9. The predicted octanol–water partition coefficient (Wildman–Crippen LogP) is 3.51. The number of para-hydroxylation sites is 2. The number of amides is 2. The molecule has 0 saturated carbocycles. The van der Waals surface area contributed by atoms with E-state index in [9.17, 15) is 18.0 Å². The van der Waals surface area contributed by atoms with Crippen LogP contribution in [0.3, 0.4) is 0 Å². The van der Waals surface area contributed by atoms with E-state index in [1.807, 2.05) is 6.92 Å². The number of hydrogen-bond donors (Lipinski definition) is 2. The van der Waals surface area contributed by atoms with Crippen LogP contribution in [0.4, 0.5) is 11.4 Å². The van der Waals surface area contributed by atoms with Gasteiger partial charge in [0, 0.05) is 19.2 Å². The lowest BCUT2D eigenvalue weighted by Gasteiger charge is -2.19. The highest BCUT2D eigenvalue weighted by Crippen LogP contribution is 2.22. The summed E-state index contributed by atoms with van der Waals surface area (Å²) in [7, 11) is -2.29. The highest BCUT2D eigenvalue weighted by atomic mass is 32.2. The van der Waals surface area contributed by atoms with E-state index < -0.39 is 15.9 Å². The summed E-state index contributed by atoms with van der Waals surface area (Å²) < 4.78 is 26.9. The van der Waals surface area contributed by atoms with Crippen molar-refractivity contribution < 1.29 is 18.0 Å². The minimum atomic E-state index is -3.77. The second-order valence-electron chi connectivity index (χ2n) is 6.69. The first kappa shape index (κ1) is 22.0. The number of rotatable bonds is 7. The fourth-order valence-electron chi connectivity index (χ4n) is 2.95. The zero-order chi connectivity index (χ0) is 22.4. The van der Waals surface area contributed by atoms with Crippen LogP contribution in [-0.2, 0) is 10.0 Å². The molecule has 7 nitrogen and oxygen atoms in total. The molecule has 2 amide bonds. The molecule has 0 bridgehead atoms. The molecule has 0 aliphatic heterocycles. The number of anilines is 2. The lowest BCUT2D eigenvalue weighted by Crippen LogP contribution is -2.26. The molecular weight excluding hydrogens is 414 g/mol. The molecule has 0 heterocycles. The van der Waals surface area contributed by atoms with Gasteiger partial charge in [0.15, 0.2) is 0 Å². The first-order chi connectivity index (χ1) is 14.8. The Balaban J connectivity index is 1.79. The van der Waals surface area contributed by atoms with Crippen LogP contribution in [0.1, 0.15) is 27.6 Å². The van der Waals surface area contributed by atoms with Gasteiger partial charge in [-0.25, -0.2) is 8.42 Å². The van der Waals surface area contributed by atoms with Gasteiger partial charge in [0.2, 0.25) is 0 Å². The average molecular weight is 438 g/mol. The Morgan fingerprint density at radius 1 is 0.839 bits per heavy atom. The second kappa shape index (κ2) is 9.44. The molecule has 3 aromatic rings. The number of carbonyl (C=O) groups is 2. The van der Waals surface area contributed by atoms with E-state index in [4.69, 9.17) is 0 Å². The molecule has 3 aromatic carbocycles. The molecule has 0 saturated heterocycles. The number of carbonyl (C=O) groups excluding carboxylic acids is 2. The number of nitrogens with one attached hydrogen (secondary N) is 2. The molecule has 31 heavy (non-hydrogen) atoms. The maximum Gasteiger partial charge on any atom is 0.264 e. The molecule has 2 N–H and O–H groups in total. The minimum absolute atomic E-state index is 0.0677. The van der Waals surface area contributed by atoms with E-state index in [2.05, 4.69) is 10.6 Å². The first-order valence-electron chi connectivity index (χ1n) is 9.67. The summed E-state index contributed by atoms with van der Waals surface area (Å²) in [6.07, 6.45) is 0. The van der Waals surface area contributed by atoms with Gasteiger partial charge >= 0.3 is 0 Å². The number of sulfonamides is 1. The Hall–Kier alpha value is -3.65. The van der Waals surface area contributed by atoms with Crippen LogP contribution in [0.15, 0.2) is 83.8 Å². The Labute approximate surface area is 181 Å². The Kier molecular flexibility index (Phi) is 6.71. The van der Waals surface area contributed by atoms with Crippen molar-refractivity contribution in [2.24, 2.45) is 0 Å². The second-order valence-corrected chi connectivity index (χ2v) is 8.66. The number of hydrogen-bond acceptors (Lipinski definition) is 4. The van der Waals surface area contributed by atoms with Crippen LogP contribution >= 0.6 is 0 Å². The Morgan fingerprint density at radius 2 is 1.45 bits per heavy atom. The van der Waals surface area contributed by atoms with Crippen LogP contribution in [0, 0.1) is 0 Å². The lowest BCUT2D eigenvalue weighted by molar-refractivity contribution is 0.0956. The third-order valence-electron chi connectivity index (χ3n) is 4.65. The smallest absolute Gasteiger partial charge is 0.264 e. The maximum atomic E-state index is 12.9. The predicted molar refractivity (Wildman–Crippen MR) is 121 cm³/mol. The van der Waals surface area contributed by atoms with Gasteiger partial charge in [0.25, 0.3) is 21.8 Å². The number of benzene rings is 3. The topological polar surface area (TPSA) is 95.6 Å². The molecule has 0 aromatic heterocycles. The fraction of sp³-hybridized carbons (Fsp3) is 0.130. The van der Waals surface area contributed by atoms with Crippen molar-refractivity contribution in [3.05, 3.63) is 90.0 Å². The summed E-state index contributed by atoms with van der Waals surface area (Å²) >= 11 is 0. The van der Waals surface area contributed by atoms with Crippen LogP contribution in [0.5, 0.6) is 0 Å². The van der Waals surface area contributed by atoms with Crippen molar-refractivity contribution in [2.75, 3.05) is 23.2 Å². The van der Waals surface area contributed by atoms with Gasteiger partial charge in [-0.2, -0.15) is 0 Å². The molecule has 0 fully saturated rings. The van der Waals surface area contributed by atoms with Crippen molar-refractivity contribution in [1.82, 2.24) is 5.32 Å². The Bertz CT molecular complexity index is 1180. The zero-order valence-corrected chi connectivity index (χ0v) is 18.0. The van der Waals surface area contributed by atoms with Crippen molar-refractivity contribution in [3.8, 4) is 0 Å². The Morgan fingerprint density at radius 3 is 2.10 bits per heavy atom. The minimum Gasteiger partial charge on any atom is -0.352 e. The third-order valence-corrected chi connectivity index (χ3v) is 6.45. The molecule has 160 valence electrons. The highest BCUT2D eigenvalue weighted by Gasteiger charge is 2.22. The van der Waals surface area contributed by atoms with Gasteiger partial charge < -0.3 is 10.6 Å². The zero-order valence-electron chi connectivity index (χ0n) is 17.2. The molecule has 0 aliphatic carbocycles. The average Bonchev–Trinajstić information content (AvgIpc) is 2.79. The number of nitrogens with zero attached hydrogens (tertiary/aromatic N) is 1. The van der Waals surface area contributed by atoms with Gasteiger partial charge in [-0.15, -0.1) is 0 Å². The van der Waals surface area contributed by atoms with Gasteiger partial charge in [-0.05, 0) is 55.5 Å². The summed E-state index contributed by atoms with van der Waals surface area (Å²) in [6, 6.07) is 21.1. The summed E-state index contributed by atoms with van der Waals surface area (Å²) in [5, 5.41) is 5.42. The molecule has 0 unspecified atom stereocenters. The molecule has 0 radical (unpaired) electrons. The van der Waals surface area contributed by atoms with Gasteiger partial charge in [-0.3, -0.25) is 13.9 Å². The van der Waals surface area contributed by atoms with E-state index in [1.54, 1.807) is 54.6 Å². The standard InChI is InChI=1S/C23H23N3O4S/c1-3-24-23(28)20-11-7-8-12-21(20)25-22(27)17-13-15-19(16-14-17)31(29,30)26(2)18-9-5-4-6-10-18/h4-16H,3H2,1-2H3,(H,24,28)(H,25,27). The highest BCUT2D eigenvalue weighted by molar-refractivity contribution is 7.92. The van der Waals surface area contributed by atoms with Crippen molar-refractivity contribution in [1.29, 1.82) is 0 Å². The van der Waals surface area contributed by atoms with Crippen LogP contribution in [0.25, 0.3) is 0 Å². The quantitative estimate of drug-likeness (QED) is 0.591. The van der Waals surface area contributed by atoms with E-state index in [-0.39, 0.29) is 16.4 Å². The van der Waals surface area contributed by atoms with Crippen molar-refractivity contribution in [2.45, 2.75) is 11.8 Å². The van der Waals surface area contributed by atoms with Crippen LogP contribution in [-0.4, -0.2) is 33.8 Å². The van der Waals surface area contributed by atoms with E-state index in [1.165, 1.54) is 35.6 Å². The first-order valence-corrected chi connectivity index (χ1v) is 11.1. The fourth-order valence-corrected chi connectivity index (χ4v) is 4.15. The van der Waals surface area contributed by atoms with Crippen molar-refractivity contribution >= 4 is 33.2 Å². The summed E-state index contributed by atoms with van der Waals surface area (Å²) in [6.45, 7) is 2.28. The maximum absolute atomic E-state index is 12.9. The molecule has 3 rings (SSSR count). The van der Waals surface area contributed by atoms with E-state index in [0.29, 0.717) is 23.5 Å². The molecule has 0 aliphatic rings. The van der Waals surface area contributed by atoms with Gasteiger partial charge in [0.1, 0.15) is 0 Å². The third kappa shape index (κ3) is 4.92. The van der Waals surface area contributed by atoms with Gasteiger partial charge in [0.05, 0.1) is 21.8 Å². The van der Waals surface area contributed by atoms with Crippen LogP contribution < -0.4 is 14.9 Å². The molecule has 0 atom stereocenters. The van der Waals surface area contributed by atoms with E-state index in [0.717, 1.165) is 0 Å². The normalized spacial score (nSPS) is 10.9. The molecule has 0 spiro atoms. The van der Waals surface area contributed by atoms with Gasteiger partial charge in [-0.1, -0.05) is 30.3 Å². The van der Waals surface area contributed by atoms with Crippen LogP contribution in [0.2, 0.25) is 0 Å². The summed E-state index contributed by atoms with van der Waals surface area (Å²) in [5.74, 6) is -0.735. The monoisotopic (exact) mass is 437 g/mol. The summed E-state index contributed by atoms with van der Waals surface area (Å²) in [5.41, 5.74) is 1.53. The largest absolute Gasteiger partial charge is 0.352 e. The van der Waals surface area contributed by atoms with Crippen molar-refractivity contribution in [3.63, 3.8) is 0 Å². The lowest BCUT2D eigenvalue weighted by atomic mass is 10.1. The molecular formula is C23H23N3O4S.